The summed E-state index contributed by atoms with van der Waals surface area (Å²) in [6.45, 7) is 0.314. The molecule has 0 aliphatic rings. The maximum Gasteiger partial charge on any atom is 0.183 e. The number of aliphatic hydroxyl groups excluding tert-OH is 1. The molecule has 0 heterocycles. The lowest BCUT2D eigenvalue weighted by Gasteiger charge is -2.24. The molecule has 0 bridgehead atoms. The van der Waals surface area contributed by atoms with Crippen LogP contribution in [-0.2, 0) is 6.54 Å². The highest BCUT2D eigenvalue weighted by molar-refractivity contribution is 5.52. The Balaban J connectivity index is 2.35. The van der Waals surface area contributed by atoms with Crippen molar-refractivity contribution in [2.24, 2.45) is 0 Å². The zero-order valence-corrected chi connectivity index (χ0v) is 11.3. The first kappa shape index (κ1) is 14.9. The van der Waals surface area contributed by atoms with E-state index in [9.17, 15) is 8.78 Å². The van der Waals surface area contributed by atoms with E-state index in [1.54, 1.807) is 6.07 Å². The van der Waals surface area contributed by atoms with Crippen molar-refractivity contribution in [1.82, 2.24) is 0 Å². The lowest BCUT2D eigenvalue weighted by Crippen LogP contribution is -2.27. The van der Waals surface area contributed by atoms with Gasteiger partial charge in [-0.1, -0.05) is 30.3 Å². The van der Waals surface area contributed by atoms with E-state index in [0.29, 0.717) is 6.54 Å². The van der Waals surface area contributed by atoms with E-state index in [-0.39, 0.29) is 24.4 Å². The summed E-state index contributed by atoms with van der Waals surface area (Å²) in [5.74, 6) is -2.23. The highest BCUT2D eigenvalue weighted by atomic mass is 19.2. The van der Waals surface area contributed by atoms with Crippen LogP contribution in [-0.4, -0.2) is 18.3 Å². The molecule has 0 saturated carbocycles. The molecule has 0 spiro atoms. The van der Waals surface area contributed by atoms with Gasteiger partial charge in [0.25, 0.3) is 0 Å². The molecule has 0 aliphatic heterocycles. The minimum absolute atomic E-state index is 0.0319. The second-order valence-electron chi connectivity index (χ2n) is 4.50. The smallest absolute Gasteiger partial charge is 0.183 e. The van der Waals surface area contributed by atoms with Gasteiger partial charge in [0.05, 0.1) is 17.9 Å². The number of nitrogens with zero attached hydrogens (tertiary/aromatic N) is 2. The van der Waals surface area contributed by atoms with Crippen LogP contribution in [0.5, 0.6) is 0 Å². The van der Waals surface area contributed by atoms with Crippen LogP contribution < -0.4 is 4.90 Å². The van der Waals surface area contributed by atoms with Gasteiger partial charge in [0.1, 0.15) is 6.07 Å². The summed E-state index contributed by atoms with van der Waals surface area (Å²) in [6, 6.07) is 13.5. The molecule has 0 fully saturated rings. The molecule has 1 N–H and O–H groups in total. The van der Waals surface area contributed by atoms with Crippen molar-refractivity contribution in [1.29, 1.82) is 5.26 Å². The third kappa shape index (κ3) is 3.36. The van der Waals surface area contributed by atoms with Crippen molar-refractivity contribution < 1.29 is 13.9 Å². The molecule has 0 saturated heterocycles. The summed E-state index contributed by atoms with van der Waals surface area (Å²) in [7, 11) is 0. The van der Waals surface area contributed by atoms with Gasteiger partial charge in [-0.3, -0.25) is 0 Å². The van der Waals surface area contributed by atoms with E-state index in [1.165, 1.54) is 17.0 Å². The molecule has 108 valence electrons. The Morgan fingerprint density at radius 1 is 1.05 bits per heavy atom. The van der Waals surface area contributed by atoms with Crippen molar-refractivity contribution in [2.45, 2.75) is 6.54 Å². The van der Waals surface area contributed by atoms with E-state index in [1.807, 2.05) is 30.3 Å². The topological polar surface area (TPSA) is 47.3 Å². The van der Waals surface area contributed by atoms with Gasteiger partial charge in [0.15, 0.2) is 11.6 Å². The van der Waals surface area contributed by atoms with Gasteiger partial charge in [-0.25, -0.2) is 8.78 Å². The molecule has 5 heteroatoms. The molecular weight excluding hydrogens is 274 g/mol. The standard InChI is InChI=1S/C16H14F2N2O/c17-15-13(10-19)6-7-14(16(15)18)20(8-9-21)11-12-4-2-1-3-5-12/h1-7,21H,8-9,11H2. The molecule has 21 heavy (non-hydrogen) atoms. The van der Waals surface area contributed by atoms with Gasteiger partial charge in [-0.05, 0) is 17.7 Å². The molecule has 2 aromatic rings. The Labute approximate surface area is 121 Å². The first-order chi connectivity index (χ1) is 10.2. The predicted octanol–water partition coefficient (Wildman–Crippen LogP) is 2.84. The normalized spacial score (nSPS) is 10.2. The SMILES string of the molecule is N#Cc1ccc(N(CCO)Cc2ccccc2)c(F)c1F. The quantitative estimate of drug-likeness (QED) is 0.920. The van der Waals surface area contributed by atoms with E-state index in [4.69, 9.17) is 10.4 Å². The number of hydrogen-bond acceptors (Lipinski definition) is 3. The van der Waals surface area contributed by atoms with E-state index < -0.39 is 11.6 Å². The summed E-state index contributed by atoms with van der Waals surface area (Å²) >= 11 is 0. The molecule has 0 aromatic heterocycles. The van der Waals surface area contributed by atoms with Crippen molar-refractivity contribution in [3.63, 3.8) is 0 Å². The average Bonchev–Trinajstić information content (AvgIpc) is 2.51. The predicted molar refractivity (Wildman–Crippen MR) is 75.7 cm³/mol. The molecule has 0 atom stereocenters. The fraction of sp³-hybridized carbons (Fsp3) is 0.188. The minimum Gasteiger partial charge on any atom is -0.395 e. The number of anilines is 1. The Hall–Kier alpha value is -2.45. The number of benzene rings is 2. The number of rotatable bonds is 5. The van der Waals surface area contributed by atoms with Gasteiger partial charge in [0.2, 0.25) is 0 Å². The van der Waals surface area contributed by atoms with Crippen molar-refractivity contribution in [2.75, 3.05) is 18.1 Å². The molecule has 0 radical (unpaired) electrons. The average molecular weight is 288 g/mol. The molecular formula is C16H14F2N2O. The van der Waals surface area contributed by atoms with Crippen molar-refractivity contribution in [3.8, 4) is 6.07 Å². The van der Waals surface area contributed by atoms with Gasteiger partial charge in [-0.2, -0.15) is 5.26 Å². The summed E-state index contributed by atoms with van der Waals surface area (Å²) in [4.78, 5) is 1.54. The van der Waals surface area contributed by atoms with Crippen LogP contribution in [0.2, 0.25) is 0 Å². The van der Waals surface area contributed by atoms with Crippen molar-refractivity contribution in [3.05, 3.63) is 65.2 Å². The molecule has 0 amide bonds. The highest BCUT2D eigenvalue weighted by Crippen LogP contribution is 2.25. The fourth-order valence-corrected chi connectivity index (χ4v) is 2.08. The monoisotopic (exact) mass is 288 g/mol. The molecule has 2 rings (SSSR count). The van der Waals surface area contributed by atoms with Crippen LogP contribution in [0.25, 0.3) is 0 Å². The largest absolute Gasteiger partial charge is 0.395 e. The maximum atomic E-state index is 14.1. The Bertz CT molecular complexity index is 653. The third-order valence-electron chi connectivity index (χ3n) is 3.11. The lowest BCUT2D eigenvalue weighted by molar-refractivity contribution is 0.301. The van der Waals surface area contributed by atoms with Crippen LogP contribution >= 0.6 is 0 Å². The second-order valence-corrected chi connectivity index (χ2v) is 4.50. The third-order valence-corrected chi connectivity index (χ3v) is 3.11. The molecule has 0 aliphatic carbocycles. The zero-order valence-electron chi connectivity index (χ0n) is 11.3. The molecule has 2 aromatic carbocycles. The summed E-state index contributed by atoms with van der Waals surface area (Å²) < 4.78 is 27.8. The summed E-state index contributed by atoms with van der Waals surface area (Å²) in [6.07, 6.45) is 0. The van der Waals surface area contributed by atoms with Gasteiger partial charge in [0, 0.05) is 13.1 Å². The fourth-order valence-electron chi connectivity index (χ4n) is 2.08. The number of aliphatic hydroxyl groups is 1. The first-order valence-electron chi connectivity index (χ1n) is 6.45. The second kappa shape index (κ2) is 6.82. The Kier molecular flexibility index (Phi) is 4.85. The van der Waals surface area contributed by atoms with Crippen LogP contribution in [0, 0.1) is 23.0 Å². The summed E-state index contributed by atoms with van der Waals surface area (Å²) in [5, 5.41) is 17.8. The lowest BCUT2D eigenvalue weighted by atomic mass is 10.1. The zero-order chi connectivity index (χ0) is 15.2. The van der Waals surface area contributed by atoms with E-state index in [2.05, 4.69) is 0 Å². The number of nitriles is 1. The van der Waals surface area contributed by atoms with Gasteiger partial charge < -0.3 is 10.0 Å². The van der Waals surface area contributed by atoms with Gasteiger partial charge >= 0.3 is 0 Å². The minimum atomic E-state index is -1.16. The van der Waals surface area contributed by atoms with Crippen molar-refractivity contribution >= 4 is 5.69 Å². The maximum absolute atomic E-state index is 14.1. The number of hydrogen-bond donors (Lipinski definition) is 1. The van der Waals surface area contributed by atoms with E-state index >= 15 is 0 Å². The molecule has 3 nitrogen and oxygen atoms in total. The van der Waals surface area contributed by atoms with E-state index in [0.717, 1.165) is 5.56 Å². The first-order valence-corrected chi connectivity index (χ1v) is 6.45. The van der Waals surface area contributed by atoms with Crippen LogP contribution in [0.1, 0.15) is 11.1 Å². The highest BCUT2D eigenvalue weighted by Gasteiger charge is 2.18. The van der Waals surface area contributed by atoms with Crippen LogP contribution in [0.3, 0.4) is 0 Å². The Morgan fingerprint density at radius 2 is 1.76 bits per heavy atom. The molecule has 0 unspecified atom stereocenters. The van der Waals surface area contributed by atoms with Crippen LogP contribution in [0.4, 0.5) is 14.5 Å². The van der Waals surface area contributed by atoms with Gasteiger partial charge in [-0.15, -0.1) is 0 Å². The summed E-state index contributed by atoms with van der Waals surface area (Å²) in [5.41, 5.74) is 0.611. The number of halogens is 2. The Morgan fingerprint density at radius 3 is 2.38 bits per heavy atom. The van der Waals surface area contributed by atoms with Crippen LogP contribution in [0.15, 0.2) is 42.5 Å².